The normalized spacial score (nSPS) is 18.3. The maximum Gasteiger partial charge on any atom is 0.274 e. The smallest absolute Gasteiger partial charge is 0.274 e. The minimum absolute atomic E-state index is 0.0443. The second-order valence-corrected chi connectivity index (χ2v) is 8.81. The molecule has 1 saturated heterocycles. The number of hydrogen-bond donors (Lipinski definition) is 1. The van der Waals surface area contributed by atoms with E-state index in [1.807, 2.05) is 11.4 Å². The van der Waals surface area contributed by atoms with Crippen LogP contribution in [0.1, 0.15) is 56.1 Å². The zero-order chi connectivity index (χ0) is 21.5. The van der Waals surface area contributed by atoms with Gasteiger partial charge in [-0.25, -0.2) is 4.98 Å². The molecule has 31 heavy (non-hydrogen) atoms. The molecule has 160 valence electrons. The number of rotatable bonds is 3. The van der Waals surface area contributed by atoms with Crippen LogP contribution in [0, 0.1) is 0 Å². The Balaban J connectivity index is 1.43. The summed E-state index contributed by atoms with van der Waals surface area (Å²) in [7, 11) is 1.77. The van der Waals surface area contributed by atoms with E-state index >= 15 is 0 Å². The molecule has 3 aromatic rings. The molecule has 0 bridgehead atoms. The molecule has 3 aromatic heterocycles. The third-order valence-electron chi connectivity index (χ3n) is 5.87. The van der Waals surface area contributed by atoms with Gasteiger partial charge in [-0.1, -0.05) is 6.07 Å². The number of hydrogen-bond acceptors (Lipinski definition) is 6. The Bertz CT molecular complexity index is 1200. The minimum atomic E-state index is -0.309. The van der Waals surface area contributed by atoms with E-state index in [9.17, 15) is 14.4 Å². The van der Waals surface area contributed by atoms with E-state index in [0.29, 0.717) is 53.7 Å². The zero-order valence-corrected chi connectivity index (χ0v) is 17.9. The van der Waals surface area contributed by atoms with Gasteiger partial charge < -0.3 is 14.8 Å². The Hall–Kier alpha value is -3.27. The first-order valence-electron chi connectivity index (χ1n) is 10.3. The molecule has 5 heterocycles. The number of carbonyl (C=O) groups is 2. The van der Waals surface area contributed by atoms with Gasteiger partial charge in [0.05, 0.1) is 23.2 Å². The lowest BCUT2D eigenvalue weighted by molar-refractivity contribution is 0.0722. The number of nitrogens with zero attached hydrogens (tertiary/aromatic N) is 5. The highest BCUT2D eigenvalue weighted by Gasteiger charge is 2.34. The molecule has 1 N–H and O–H groups in total. The van der Waals surface area contributed by atoms with Crippen LogP contribution in [0.25, 0.3) is 0 Å². The van der Waals surface area contributed by atoms with Crippen LogP contribution in [0.3, 0.4) is 0 Å². The molecule has 9 nitrogen and oxygen atoms in total. The Labute approximate surface area is 182 Å². The largest absolute Gasteiger partial charge is 0.332 e. The summed E-state index contributed by atoms with van der Waals surface area (Å²) in [5.41, 5.74) is 1.44. The first-order chi connectivity index (χ1) is 15.0. The van der Waals surface area contributed by atoms with E-state index < -0.39 is 0 Å². The van der Waals surface area contributed by atoms with Gasteiger partial charge >= 0.3 is 0 Å². The van der Waals surface area contributed by atoms with E-state index in [4.69, 9.17) is 4.98 Å². The van der Waals surface area contributed by atoms with E-state index in [2.05, 4.69) is 10.1 Å². The van der Waals surface area contributed by atoms with E-state index in [1.54, 1.807) is 39.9 Å². The minimum Gasteiger partial charge on any atom is -0.332 e. The number of amides is 2. The fourth-order valence-corrected chi connectivity index (χ4v) is 5.01. The van der Waals surface area contributed by atoms with Crippen molar-refractivity contribution in [3.63, 3.8) is 0 Å². The molecular weight excluding hydrogens is 416 g/mol. The van der Waals surface area contributed by atoms with Gasteiger partial charge in [-0.3, -0.25) is 19.1 Å². The van der Waals surface area contributed by atoms with Crippen molar-refractivity contribution in [2.45, 2.75) is 31.8 Å². The van der Waals surface area contributed by atoms with Gasteiger partial charge in [0.2, 0.25) is 0 Å². The van der Waals surface area contributed by atoms with Gasteiger partial charge in [-0.05, 0) is 36.8 Å². The number of H-pyrrole nitrogens is 1. The van der Waals surface area contributed by atoms with Crippen LogP contribution >= 0.6 is 11.3 Å². The lowest BCUT2D eigenvalue weighted by atomic mass is 10.1. The Morgan fingerprint density at radius 3 is 2.84 bits per heavy atom. The highest BCUT2D eigenvalue weighted by atomic mass is 32.1. The topological polar surface area (TPSA) is 104 Å². The van der Waals surface area contributed by atoms with Crippen molar-refractivity contribution < 1.29 is 9.59 Å². The monoisotopic (exact) mass is 438 g/mol. The summed E-state index contributed by atoms with van der Waals surface area (Å²) in [5.74, 6) is 0.269. The Morgan fingerprint density at radius 1 is 1.23 bits per heavy atom. The molecule has 1 fully saturated rings. The van der Waals surface area contributed by atoms with Crippen molar-refractivity contribution >= 4 is 23.2 Å². The molecule has 2 amide bonds. The van der Waals surface area contributed by atoms with Crippen LogP contribution in [0.4, 0.5) is 0 Å². The maximum absolute atomic E-state index is 13.0. The van der Waals surface area contributed by atoms with Gasteiger partial charge in [0.25, 0.3) is 17.4 Å². The molecule has 5 rings (SSSR count). The fourth-order valence-electron chi connectivity index (χ4n) is 4.32. The summed E-state index contributed by atoms with van der Waals surface area (Å²) in [6.07, 6.45) is 3.75. The average molecular weight is 439 g/mol. The van der Waals surface area contributed by atoms with Gasteiger partial charge in [0.1, 0.15) is 11.5 Å². The van der Waals surface area contributed by atoms with Crippen LogP contribution in [0.15, 0.2) is 34.6 Å². The van der Waals surface area contributed by atoms with Crippen LogP contribution in [0.5, 0.6) is 0 Å². The molecular formula is C21H22N6O3S. The number of fused-ring (bicyclic) bond motifs is 1. The fraction of sp³-hybridized carbons (Fsp3) is 0.381. The lowest BCUT2D eigenvalue weighted by Crippen LogP contribution is -2.40. The molecule has 0 unspecified atom stereocenters. The van der Waals surface area contributed by atoms with Crippen molar-refractivity contribution in [3.8, 4) is 0 Å². The number of carbonyl (C=O) groups excluding carboxylic acids is 2. The highest BCUT2D eigenvalue weighted by molar-refractivity contribution is 7.12. The van der Waals surface area contributed by atoms with Crippen molar-refractivity contribution in [1.82, 2.24) is 29.5 Å². The van der Waals surface area contributed by atoms with E-state index in [-0.39, 0.29) is 23.4 Å². The first-order valence-corrected chi connectivity index (χ1v) is 11.1. The highest BCUT2D eigenvalue weighted by Crippen LogP contribution is 2.31. The summed E-state index contributed by atoms with van der Waals surface area (Å²) in [6.45, 7) is 1.37. The van der Waals surface area contributed by atoms with Gasteiger partial charge in [-0.15, -0.1) is 11.3 Å². The molecule has 2 aliphatic heterocycles. The Kier molecular flexibility index (Phi) is 4.93. The maximum atomic E-state index is 13.0. The van der Waals surface area contributed by atoms with Crippen LogP contribution in [0.2, 0.25) is 0 Å². The quantitative estimate of drug-likeness (QED) is 0.671. The van der Waals surface area contributed by atoms with Crippen molar-refractivity contribution in [2.24, 2.45) is 7.05 Å². The molecule has 0 aromatic carbocycles. The average Bonchev–Trinajstić information content (AvgIpc) is 3.53. The van der Waals surface area contributed by atoms with Crippen LogP contribution in [-0.2, 0) is 20.0 Å². The lowest BCUT2D eigenvalue weighted by Gasteiger charge is -2.29. The van der Waals surface area contributed by atoms with E-state index in [1.165, 1.54) is 11.3 Å². The van der Waals surface area contributed by atoms with Crippen molar-refractivity contribution in [3.05, 3.63) is 67.8 Å². The van der Waals surface area contributed by atoms with Crippen molar-refractivity contribution in [1.29, 1.82) is 0 Å². The second-order valence-electron chi connectivity index (χ2n) is 7.86. The summed E-state index contributed by atoms with van der Waals surface area (Å²) in [4.78, 5) is 50.3. The molecule has 0 aliphatic carbocycles. The van der Waals surface area contributed by atoms with Gasteiger partial charge in [-0.2, -0.15) is 5.10 Å². The number of aromatic amines is 1. The molecule has 2 aliphatic rings. The van der Waals surface area contributed by atoms with Gasteiger partial charge in [0.15, 0.2) is 0 Å². The van der Waals surface area contributed by atoms with Gasteiger partial charge in [0, 0.05) is 31.9 Å². The molecule has 1 atom stereocenters. The van der Waals surface area contributed by atoms with E-state index in [0.717, 1.165) is 12.8 Å². The predicted molar refractivity (Wildman–Crippen MR) is 114 cm³/mol. The second kappa shape index (κ2) is 7.77. The van der Waals surface area contributed by atoms with Crippen LogP contribution < -0.4 is 5.56 Å². The number of aromatic nitrogens is 4. The number of aryl methyl sites for hydroxylation is 1. The summed E-state index contributed by atoms with van der Waals surface area (Å²) in [5, 5.41) is 6.09. The summed E-state index contributed by atoms with van der Waals surface area (Å²) < 4.78 is 1.59. The summed E-state index contributed by atoms with van der Waals surface area (Å²) >= 11 is 1.40. The third kappa shape index (κ3) is 3.56. The molecule has 10 heteroatoms. The number of nitrogens with one attached hydrogen (secondary N) is 1. The van der Waals surface area contributed by atoms with Crippen LogP contribution in [-0.4, -0.2) is 54.5 Å². The number of likely N-dealkylation sites (tertiary alicyclic amines) is 1. The third-order valence-corrected chi connectivity index (χ3v) is 6.73. The number of thiophene rings is 1. The predicted octanol–water partition coefficient (Wildman–Crippen LogP) is 1.74. The molecule has 0 saturated carbocycles. The molecule has 0 spiro atoms. The summed E-state index contributed by atoms with van der Waals surface area (Å²) in [6, 6.07) is 5.04. The SMILES string of the molecule is Cn1ccc(C(=O)N2CCC[C@H]2c2nc3c(c(=O)[nH]2)CCN(C(=O)c2cccs2)C3)n1. The standard InChI is InChI=1S/C21H22N6O3S/c1-25-9-7-14(24-25)20(29)27-8-2-4-16(27)18-22-15-12-26(10-6-13(15)19(28)23-18)21(30)17-5-3-11-31-17/h3,5,7,9,11,16H,2,4,6,8,10,12H2,1H3,(H,22,23,28)/t16-/m0/s1. The first kappa shape index (κ1) is 19.7. The zero-order valence-electron chi connectivity index (χ0n) is 17.1. The van der Waals surface area contributed by atoms with Crippen molar-refractivity contribution in [2.75, 3.05) is 13.1 Å². The Morgan fingerprint density at radius 2 is 2.10 bits per heavy atom. The molecule has 0 radical (unpaired) electrons.